The molecule has 2 aromatic rings. The minimum Gasteiger partial charge on any atom is -0.484 e. The highest BCUT2D eigenvalue weighted by Crippen LogP contribution is 2.34. The summed E-state index contributed by atoms with van der Waals surface area (Å²) in [6.07, 6.45) is 1.85. The number of carbonyl (C=O) groups excluding carboxylic acids is 1. The molecule has 1 aliphatic heterocycles. The van der Waals surface area contributed by atoms with Crippen molar-refractivity contribution >= 4 is 5.91 Å². The van der Waals surface area contributed by atoms with Gasteiger partial charge >= 0.3 is 0 Å². The highest BCUT2D eigenvalue weighted by atomic mass is 16.7. The Morgan fingerprint density at radius 1 is 1.09 bits per heavy atom. The number of amides is 1. The molecular formula is C18H19NO4. The van der Waals surface area contributed by atoms with Crippen LogP contribution in [0, 0.1) is 0 Å². The molecule has 1 heterocycles. The molecule has 0 spiro atoms. The van der Waals surface area contributed by atoms with Crippen molar-refractivity contribution in [3.63, 3.8) is 0 Å². The Morgan fingerprint density at radius 3 is 2.78 bits per heavy atom. The second kappa shape index (κ2) is 7.54. The molecule has 0 saturated heterocycles. The van der Waals surface area contributed by atoms with Crippen molar-refractivity contribution in [2.24, 2.45) is 0 Å². The molecule has 0 saturated carbocycles. The number of ether oxygens (including phenoxy) is 3. The van der Waals surface area contributed by atoms with Gasteiger partial charge in [0.15, 0.2) is 18.1 Å². The van der Waals surface area contributed by atoms with Crippen molar-refractivity contribution in [2.45, 2.75) is 12.8 Å². The molecule has 0 fully saturated rings. The lowest BCUT2D eigenvalue weighted by atomic mass is 10.1. The predicted octanol–water partition coefficient (Wildman–Crippen LogP) is 2.54. The molecule has 0 unspecified atom stereocenters. The van der Waals surface area contributed by atoms with E-state index in [1.807, 2.05) is 18.2 Å². The quantitative estimate of drug-likeness (QED) is 0.798. The van der Waals surface area contributed by atoms with Gasteiger partial charge in [-0.1, -0.05) is 30.3 Å². The number of aryl methyl sites for hydroxylation is 1. The van der Waals surface area contributed by atoms with Crippen molar-refractivity contribution in [1.82, 2.24) is 5.32 Å². The van der Waals surface area contributed by atoms with Gasteiger partial charge < -0.3 is 19.5 Å². The number of nitrogens with one attached hydrogen (secondary N) is 1. The van der Waals surface area contributed by atoms with Crippen LogP contribution in [0.2, 0.25) is 0 Å². The van der Waals surface area contributed by atoms with Gasteiger partial charge in [0.25, 0.3) is 5.91 Å². The van der Waals surface area contributed by atoms with Gasteiger partial charge in [0.2, 0.25) is 6.79 Å². The molecule has 1 amide bonds. The molecule has 120 valence electrons. The maximum absolute atomic E-state index is 11.8. The van der Waals surface area contributed by atoms with E-state index in [-0.39, 0.29) is 19.3 Å². The van der Waals surface area contributed by atoms with E-state index in [4.69, 9.17) is 14.2 Å². The maximum atomic E-state index is 11.8. The summed E-state index contributed by atoms with van der Waals surface area (Å²) >= 11 is 0. The van der Waals surface area contributed by atoms with Crippen molar-refractivity contribution in [3.8, 4) is 17.2 Å². The predicted molar refractivity (Wildman–Crippen MR) is 85.8 cm³/mol. The summed E-state index contributed by atoms with van der Waals surface area (Å²) in [5.41, 5.74) is 1.28. The van der Waals surface area contributed by atoms with Crippen LogP contribution in [0.5, 0.6) is 17.2 Å². The van der Waals surface area contributed by atoms with E-state index in [1.165, 1.54) is 5.56 Å². The third kappa shape index (κ3) is 4.39. The van der Waals surface area contributed by atoms with Gasteiger partial charge in [0, 0.05) is 12.6 Å². The van der Waals surface area contributed by atoms with Crippen LogP contribution >= 0.6 is 0 Å². The van der Waals surface area contributed by atoms with Crippen LogP contribution < -0.4 is 19.5 Å². The zero-order valence-electron chi connectivity index (χ0n) is 12.8. The van der Waals surface area contributed by atoms with Gasteiger partial charge in [0.05, 0.1) is 0 Å². The highest BCUT2D eigenvalue weighted by molar-refractivity contribution is 5.77. The monoisotopic (exact) mass is 313 g/mol. The minimum absolute atomic E-state index is 0.00895. The summed E-state index contributed by atoms with van der Waals surface area (Å²) in [6, 6.07) is 15.5. The van der Waals surface area contributed by atoms with Gasteiger partial charge in [-0.05, 0) is 30.5 Å². The Labute approximate surface area is 135 Å². The Bertz CT molecular complexity index is 657. The molecule has 23 heavy (non-hydrogen) atoms. The van der Waals surface area contributed by atoms with E-state index < -0.39 is 0 Å². The highest BCUT2D eigenvalue weighted by Gasteiger charge is 2.14. The van der Waals surface area contributed by atoms with Crippen molar-refractivity contribution in [1.29, 1.82) is 0 Å². The molecule has 0 radical (unpaired) electrons. The van der Waals surface area contributed by atoms with Crippen LogP contribution in [0.3, 0.4) is 0 Å². The minimum atomic E-state index is -0.129. The van der Waals surface area contributed by atoms with Gasteiger partial charge in [-0.25, -0.2) is 0 Å². The molecule has 0 aliphatic carbocycles. The topological polar surface area (TPSA) is 56.8 Å². The lowest BCUT2D eigenvalue weighted by Crippen LogP contribution is -2.29. The second-order valence-electron chi connectivity index (χ2n) is 5.24. The molecule has 5 heteroatoms. The Balaban J connectivity index is 1.35. The Morgan fingerprint density at radius 2 is 1.91 bits per heavy atom. The number of benzene rings is 2. The molecule has 2 aromatic carbocycles. The number of fused-ring (bicyclic) bond motifs is 1. The van der Waals surface area contributed by atoms with Crippen LogP contribution in [-0.2, 0) is 11.2 Å². The zero-order chi connectivity index (χ0) is 15.9. The smallest absolute Gasteiger partial charge is 0.257 e. The van der Waals surface area contributed by atoms with Crippen molar-refractivity contribution in [3.05, 3.63) is 54.1 Å². The van der Waals surface area contributed by atoms with Gasteiger partial charge in [-0.15, -0.1) is 0 Å². The van der Waals surface area contributed by atoms with E-state index in [1.54, 1.807) is 18.2 Å². The van der Waals surface area contributed by atoms with E-state index >= 15 is 0 Å². The summed E-state index contributed by atoms with van der Waals surface area (Å²) in [7, 11) is 0. The Hall–Kier alpha value is -2.69. The molecular weight excluding hydrogens is 294 g/mol. The number of hydrogen-bond donors (Lipinski definition) is 1. The number of carbonyl (C=O) groups is 1. The zero-order valence-corrected chi connectivity index (χ0v) is 12.8. The molecule has 0 aromatic heterocycles. The number of rotatable bonds is 7. The van der Waals surface area contributed by atoms with E-state index in [9.17, 15) is 4.79 Å². The van der Waals surface area contributed by atoms with E-state index in [0.717, 1.165) is 12.8 Å². The van der Waals surface area contributed by atoms with Crippen LogP contribution in [-0.4, -0.2) is 25.9 Å². The first-order valence-corrected chi connectivity index (χ1v) is 7.64. The third-order valence-electron chi connectivity index (χ3n) is 3.52. The maximum Gasteiger partial charge on any atom is 0.257 e. The summed E-state index contributed by atoms with van der Waals surface area (Å²) in [6.45, 7) is 0.851. The summed E-state index contributed by atoms with van der Waals surface area (Å²) in [4.78, 5) is 11.8. The fourth-order valence-electron chi connectivity index (χ4n) is 2.33. The molecule has 0 bridgehead atoms. The van der Waals surface area contributed by atoms with Gasteiger partial charge in [-0.3, -0.25) is 4.79 Å². The Kier molecular flexibility index (Phi) is 4.99. The van der Waals surface area contributed by atoms with Crippen molar-refractivity contribution < 1.29 is 19.0 Å². The standard InChI is InChI=1S/C18H19NO4/c20-18(19-10-4-7-14-5-2-1-3-6-14)12-21-15-8-9-16-17(11-15)23-13-22-16/h1-3,5-6,8-9,11H,4,7,10,12-13H2,(H,19,20). The SMILES string of the molecule is O=C(COc1ccc2c(c1)OCO2)NCCCc1ccccc1. The molecule has 1 aliphatic rings. The molecule has 3 rings (SSSR count). The van der Waals surface area contributed by atoms with Crippen LogP contribution in [0.15, 0.2) is 48.5 Å². The molecule has 0 atom stereocenters. The van der Waals surface area contributed by atoms with Gasteiger partial charge in [0.1, 0.15) is 5.75 Å². The number of hydrogen-bond acceptors (Lipinski definition) is 4. The molecule has 5 nitrogen and oxygen atoms in total. The van der Waals surface area contributed by atoms with Crippen molar-refractivity contribution in [2.75, 3.05) is 19.9 Å². The lowest BCUT2D eigenvalue weighted by molar-refractivity contribution is -0.123. The summed E-state index contributed by atoms with van der Waals surface area (Å²) in [5.74, 6) is 1.80. The first-order valence-electron chi connectivity index (χ1n) is 7.64. The third-order valence-corrected chi connectivity index (χ3v) is 3.52. The fraction of sp³-hybridized carbons (Fsp3) is 0.278. The van der Waals surface area contributed by atoms with Gasteiger partial charge in [-0.2, -0.15) is 0 Å². The lowest BCUT2D eigenvalue weighted by Gasteiger charge is -2.08. The van der Waals surface area contributed by atoms with Crippen LogP contribution in [0.25, 0.3) is 0 Å². The fourth-order valence-corrected chi connectivity index (χ4v) is 2.33. The average Bonchev–Trinajstić information content (AvgIpc) is 3.05. The van der Waals surface area contributed by atoms with E-state index in [2.05, 4.69) is 17.4 Å². The molecule has 1 N–H and O–H groups in total. The van der Waals surface area contributed by atoms with Crippen LogP contribution in [0.4, 0.5) is 0 Å². The normalized spacial score (nSPS) is 12.0. The second-order valence-corrected chi connectivity index (χ2v) is 5.24. The summed E-state index contributed by atoms with van der Waals surface area (Å²) in [5, 5.41) is 2.86. The average molecular weight is 313 g/mol. The first-order chi connectivity index (χ1) is 11.3. The largest absolute Gasteiger partial charge is 0.484 e. The first kappa shape index (κ1) is 15.2. The van der Waals surface area contributed by atoms with E-state index in [0.29, 0.717) is 23.8 Å². The summed E-state index contributed by atoms with van der Waals surface area (Å²) < 4.78 is 15.9. The van der Waals surface area contributed by atoms with Crippen LogP contribution in [0.1, 0.15) is 12.0 Å².